The highest BCUT2D eigenvalue weighted by molar-refractivity contribution is 6.13. The fourth-order valence-electron chi connectivity index (χ4n) is 3.27. The molecule has 2 aliphatic rings. The molecular formula is C17H24O6. The summed E-state index contributed by atoms with van der Waals surface area (Å²) in [6.07, 6.45) is 0.462. The van der Waals surface area contributed by atoms with Gasteiger partial charge >= 0.3 is 11.9 Å². The van der Waals surface area contributed by atoms with Gasteiger partial charge in [-0.3, -0.25) is 9.59 Å². The van der Waals surface area contributed by atoms with E-state index in [1.807, 2.05) is 0 Å². The molecule has 0 unspecified atom stereocenters. The van der Waals surface area contributed by atoms with E-state index in [0.717, 1.165) is 0 Å². The van der Waals surface area contributed by atoms with Gasteiger partial charge in [0.1, 0.15) is 11.5 Å². The minimum Gasteiger partial charge on any atom is -0.465 e. The minimum absolute atomic E-state index is 0.121. The van der Waals surface area contributed by atoms with E-state index in [1.54, 1.807) is 34.6 Å². The highest BCUT2D eigenvalue weighted by Gasteiger charge is 2.69. The predicted octanol–water partition coefficient (Wildman–Crippen LogP) is 1.95. The molecule has 6 nitrogen and oxygen atoms in total. The predicted molar refractivity (Wildman–Crippen MR) is 81.6 cm³/mol. The Morgan fingerprint density at radius 1 is 1.39 bits per heavy atom. The zero-order valence-corrected chi connectivity index (χ0v) is 14.4. The molecule has 128 valence electrons. The lowest BCUT2D eigenvalue weighted by molar-refractivity contribution is -0.198. The summed E-state index contributed by atoms with van der Waals surface area (Å²) in [5.41, 5.74) is -3.56. The summed E-state index contributed by atoms with van der Waals surface area (Å²) in [6.45, 7) is 12.6. The number of carbonyl (C=O) groups is 3. The molecule has 0 saturated carbocycles. The first-order valence-electron chi connectivity index (χ1n) is 7.81. The molecular weight excluding hydrogens is 300 g/mol. The summed E-state index contributed by atoms with van der Waals surface area (Å²) in [7, 11) is 0. The van der Waals surface area contributed by atoms with Crippen LogP contribution in [0.15, 0.2) is 12.2 Å². The molecule has 2 saturated heterocycles. The zero-order valence-electron chi connectivity index (χ0n) is 14.4. The first-order valence-corrected chi connectivity index (χ1v) is 7.81. The van der Waals surface area contributed by atoms with Crippen LogP contribution in [-0.2, 0) is 28.6 Å². The number of esters is 2. The van der Waals surface area contributed by atoms with Crippen molar-refractivity contribution in [2.45, 2.75) is 64.3 Å². The Labute approximate surface area is 136 Å². The minimum atomic E-state index is -1.91. The summed E-state index contributed by atoms with van der Waals surface area (Å²) in [5, 5.41) is 0. The number of ether oxygens (including phenoxy) is 3. The van der Waals surface area contributed by atoms with E-state index in [4.69, 9.17) is 14.2 Å². The third-order valence-electron chi connectivity index (χ3n) is 4.25. The maximum absolute atomic E-state index is 12.7. The van der Waals surface area contributed by atoms with Gasteiger partial charge in [-0.2, -0.15) is 0 Å². The average Bonchev–Trinajstić information content (AvgIpc) is 2.59. The van der Waals surface area contributed by atoms with Gasteiger partial charge < -0.3 is 14.2 Å². The van der Waals surface area contributed by atoms with Gasteiger partial charge in [0.05, 0.1) is 12.2 Å². The molecule has 2 rings (SSSR count). The zero-order chi connectivity index (χ0) is 17.6. The van der Waals surface area contributed by atoms with Crippen molar-refractivity contribution in [2.75, 3.05) is 6.61 Å². The molecule has 0 aromatic carbocycles. The number of hydrogen-bond donors (Lipinski definition) is 0. The Kier molecular flexibility index (Phi) is 4.18. The standard InChI is InChI=1S/C17H24O6/c1-7-21-13(19)12-10(2)17(14(20)22-15(3,4)5)11(18)8-9-16(12,6)23-17/h12H,2,7-9H2,1,3-6H3/t12-,16-,17-/m1/s1. The summed E-state index contributed by atoms with van der Waals surface area (Å²) in [5.74, 6) is -2.61. The summed E-state index contributed by atoms with van der Waals surface area (Å²) in [4.78, 5) is 37.6. The SMILES string of the molecule is C=C1[C@H](C(=O)OCC)[C@@]2(C)CCC(=O)[C@]1(C(=O)OC(C)(C)C)O2. The molecule has 2 fully saturated rings. The molecule has 0 aromatic heterocycles. The molecule has 6 heteroatoms. The lowest BCUT2D eigenvalue weighted by Crippen LogP contribution is -2.54. The van der Waals surface area contributed by atoms with Crippen LogP contribution in [0.2, 0.25) is 0 Å². The number of ketones is 1. The highest BCUT2D eigenvalue weighted by Crippen LogP contribution is 2.53. The molecule has 0 aromatic rings. The smallest absolute Gasteiger partial charge is 0.351 e. The van der Waals surface area contributed by atoms with E-state index in [1.165, 1.54) is 0 Å². The normalized spacial score (nSPS) is 33.5. The number of hydrogen-bond acceptors (Lipinski definition) is 6. The van der Waals surface area contributed by atoms with Gasteiger partial charge in [0.15, 0.2) is 5.78 Å². The quantitative estimate of drug-likeness (QED) is 0.448. The van der Waals surface area contributed by atoms with Crippen LogP contribution < -0.4 is 0 Å². The van der Waals surface area contributed by atoms with E-state index in [-0.39, 0.29) is 18.6 Å². The van der Waals surface area contributed by atoms with Crippen LogP contribution in [0.3, 0.4) is 0 Å². The molecule has 0 aliphatic carbocycles. The van der Waals surface area contributed by atoms with Crippen molar-refractivity contribution in [2.24, 2.45) is 5.92 Å². The molecule has 0 radical (unpaired) electrons. The maximum atomic E-state index is 12.7. The van der Waals surface area contributed by atoms with Crippen LogP contribution >= 0.6 is 0 Å². The Morgan fingerprint density at radius 2 is 2.00 bits per heavy atom. The van der Waals surface area contributed by atoms with Crippen molar-refractivity contribution in [1.82, 2.24) is 0 Å². The monoisotopic (exact) mass is 324 g/mol. The second-order valence-corrected chi connectivity index (χ2v) is 7.23. The van der Waals surface area contributed by atoms with Crippen molar-refractivity contribution >= 4 is 17.7 Å². The highest BCUT2D eigenvalue weighted by atomic mass is 16.6. The Balaban J connectivity index is 2.46. The van der Waals surface area contributed by atoms with Gasteiger partial charge in [0, 0.05) is 6.42 Å². The molecule has 0 spiro atoms. The molecule has 0 N–H and O–H groups in total. The van der Waals surface area contributed by atoms with Crippen LogP contribution in [0, 0.1) is 5.92 Å². The van der Waals surface area contributed by atoms with Gasteiger partial charge in [-0.1, -0.05) is 6.58 Å². The topological polar surface area (TPSA) is 78.9 Å². The Bertz CT molecular complexity index is 572. The molecule has 23 heavy (non-hydrogen) atoms. The van der Waals surface area contributed by atoms with Gasteiger partial charge in [-0.05, 0) is 46.6 Å². The largest absolute Gasteiger partial charge is 0.465 e. The Hall–Kier alpha value is -1.69. The van der Waals surface area contributed by atoms with Crippen LogP contribution in [0.4, 0.5) is 0 Å². The maximum Gasteiger partial charge on any atom is 0.351 e. The van der Waals surface area contributed by atoms with E-state index in [2.05, 4.69) is 6.58 Å². The fraction of sp³-hybridized carbons (Fsp3) is 0.706. The Morgan fingerprint density at radius 3 is 2.52 bits per heavy atom. The van der Waals surface area contributed by atoms with E-state index >= 15 is 0 Å². The number of Topliss-reactive ketones (excluding diaryl/α,β-unsaturated/α-hetero) is 1. The van der Waals surface area contributed by atoms with Gasteiger partial charge in [0.25, 0.3) is 0 Å². The van der Waals surface area contributed by atoms with Crippen molar-refractivity contribution in [1.29, 1.82) is 0 Å². The van der Waals surface area contributed by atoms with Crippen molar-refractivity contribution < 1.29 is 28.6 Å². The first-order chi connectivity index (χ1) is 10.5. The summed E-state index contributed by atoms with van der Waals surface area (Å²) >= 11 is 0. The van der Waals surface area contributed by atoms with Crippen LogP contribution in [0.1, 0.15) is 47.5 Å². The van der Waals surface area contributed by atoms with Crippen molar-refractivity contribution in [3.8, 4) is 0 Å². The molecule has 2 aliphatic heterocycles. The lowest BCUT2D eigenvalue weighted by atomic mass is 9.82. The molecule has 0 amide bonds. The van der Waals surface area contributed by atoms with Crippen LogP contribution in [-0.4, -0.2) is 41.1 Å². The second-order valence-electron chi connectivity index (χ2n) is 7.23. The molecule has 2 heterocycles. The fourth-order valence-corrected chi connectivity index (χ4v) is 3.27. The first kappa shape index (κ1) is 17.7. The van der Waals surface area contributed by atoms with Gasteiger partial charge in [0.2, 0.25) is 5.60 Å². The van der Waals surface area contributed by atoms with Crippen molar-refractivity contribution in [3.63, 3.8) is 0 Å². The van der Waals surface area contributed by atoms with Crippen LogP contribution in [0.25, 0.3) is 0 Å². The summed E-state index contributed by atoms with van der Waals surface area (Å²) < 4.78 is 16.3. The third-order valence-corrected chi connectivity index (χ3v) is 4.25. The van der Waals surface area contributed by atoms with Crippen molar-refractivity contribution in [3.05, 3.63) is 12.2 Å². The average molecular weight is 324 g/mol. The molecule has 2 bridgehead atoms. The van der Waals surface area contributed by atoms with E-state index in [9.17, 15) is 14.4 Å². The van der Waals surface area contributed by atoms with Gasteiger partial charge in [-0.15, -0.1) is 0 Å². The number of carbonyl (C=O) groups excluding carboxylic acids is 3. The molecule has 3 atom stereocenters. The van der Waals surface area contributed by atoms with Gasteiger partial charge in [-0.25, -0.2) is 4.79 Å². The van der Waals surface area contributed by atoms with E-state index < -0.39 is 40.4 Å². The van der Waals surface area contributed by atoms with Crippen LogP contribution in [0.5, 0.6) is 0 Å². The second kappa shape index (κ2) is 5.44. The lowest BCUT2D eigenvalue weighted by Gasteiger charge is -2.37. The third kappa shape index (κ3) is 2.69. The van der Waals surface area contributed by atoms with E-state index in [0.29, 0.717) is 6.42 Å². The number of fused-ring (bicyclic) bond motifs is 2. The number of rotatable bonds is 3. The summed E-state index contributed by atoms with van der Waals surface area (Å²) in [6, 6.07) is 0.